The number of carbonyl (C=O) groups excluding carboxylic acids is 1. The van der Waals surface area contributed by atoms with E-state index in [1.165, 1.54) is 5.56 Å². The molecule has 26 heavy (non-hydrogen) atoms. The highest BCUT2D eigenvalue weighted by Gasteiger charge is 2.22. The predicted octanol–water partition coefficient (Wildman–Crippen LogP) is 4.21. The van der Waals surface area contributed by atoms with Gasteiger partial charge in [-0.2, -0.15) is 0 Å². The van der Waals surface area contributed by atoms with E-state index in [9.17, 15) is 4.79 Å². The number of hydrogen-bond acceptors (Lipinski definition) is 4. The summed E-state index contributed by atoms with van der Waals surface area (Å²) in [5.74, 6) is 1.74. The molecule has 2 aromatic carbocycles. The first-order chi connectivity index (χ1) is 12.6. The smallest absolute Gasteiger partial charge is 0.233 e. The summed E-state index contributed by atoms with van der Waals surface area (Å²) in [5, 5.41) is 2.86. The fourth-order valence-electron chi connectivity index (χ4n) is 2.99. The Kier molecular flexibility index (Phi) is 6.09. The van der Waals surface area contributed by atoms with Crippen LogP contribution in [0.15, 0.2) is 47.4 Å². The lowest BCUT2D eigenvalue weighted by atomic mass is 10.1. The van der Waals surface area contributed by atoms with Gasteiger partial charge in [0.15, 0.2) is 0 Å². The average molecular weight is 372 g/mol. The number of carbonyl (C=O) groups is 1. The fraction of sp³-hybridized carbons (Fsp3) is 0.381. The van der Waals surface area contributed by atoms with Gasteiger partial charge < -0.3 is 14.8 Å². The van der Waals surface area contributed by atoms with Gasteiger partial charge in [-0.3, -0.25) is 4.79 Å². The average Bonchev–Trinajstić information content (AvgIpc) is 2.99. The predicted molar refractivity (Wildman–Crippen MR) is 105 cm³/mol. The molecule has 1 N–H and O–H groups in total. The third-order valence-corrected chi connectivity index (χ3v) is 5.37. The number of ether oxygens (including phenoxy) is 2. The van der Waals surface area contributed by atoms with Crippen molar-refractivity contribution in [2.24, 2.45) is 0 Å². The number of rotatable bonds is 7. The molecule has 138 valence electrons. The van der Waals surface area contributed by atoms with E-state index in [4.69, 9.17) is 9.47 Å². The van der Waals surface area contributed by atoms with Gasteiger partial charge in [0, 0.05) is 29.0 Å². The van der Waals surface area contributed by atoms with Crippen LogP contribution in [0, 0.1) is 0 Å². The molecule has 5 heteroatoms. The molecular formula is C21H25NO3S. The second kappa shape index (κ2) is 8.49. The van der Waals surface area contributed by atoms with Gasteiger partial charge >= 0.3 is 0 Å². The highest BCUT2D eigenvalue weighted by Crippen LogP contribution is 2.35. The molecule has 0 fully saturated rings. The van der Waals surface area contributed by atoms with E-state index in [1.54, 1.807) is 11.8 Å². The van der Waals surface area contributed by atoms with E-state index in [2.05, 4.69) is 12.2 Å². The van der Waals surface area contributed by atoms with Crippen LogP contribution in [-0.2, 0) is 17.8 Å². The Morgan fingerprint density at radius 3 is 2.85 bits per heavy atom. The van der Waals surface area contributed by atoms with Crippen LogP contribution in [0.5, 0.6) is 11.5 Å². The van der Waals surface area contributed by atoms with Crippen molar-refractivity contribution in [3.8, 4) is 11.5 Å². The Hall–Kier alpha value is -2.14. The summed E-state index contributed by atoms with van der Waals surface area (Å²) in [7, 11) is 0. The number of hydrogen-bond donors (Lipinski definition) is 1. The second-order valence-corrected chi connectivity index (χ2v) is 7.84. The van der Waals surface area contributed by atoms with Crippen LogP contribution in [-0.4, -0.2) is 23.9 Å². The van der Waals surface area contributed by atoms with Crippen molar-refractivity contribution in [2.45, 2.75) is 50.0 Å². The highest BCUT2D eigenvalue weighted by molar-refractivity contribution is 8.00. The van der Waals surface area contributed by atoms with Crippen LogP contribution < -0.4 is 14.8 Å². The molecule has 0 saturated carbocycles. The Labute approximate surface area is 159 Å². The molecule has 2 unspecified atom stereocenters. The molecule has 1 heterocycles. The zero-order valence-corrected chi connectivity index (χ0v) is 16.3. The van der Waals surface area contributed by atoms with Gasteiger partial charge in [0.1, 0.15) is 17.6 Å². The van der Waals surface area contributed by atoms with Crippen molar-refractivity contribution < 1.29 is 14.3 Å². The molecule has 4 nitrogen and oxygen atoms in total. The van der Waals surface area contributed by atoms with Gasteiger partial charge in [-0.25, -0.2) is 0 Å². The molecule has 0 aromatic heterocycles. The minimum absolute atomic E-state index is 0.0103. The van der Waals surface area contributed by atoms with E-state index in [0.29, 0.717) is 13.2 Å². The maximum Gasteiger partial charge on any atom is 0.233 e. The van der Waals surface area contributed by atoms with Gasteiger partial charge in [0.2, 0.25) is 5.91 Å². The maximum absolute atomic E-state index is 12.5. The third-order valence-electron chi connectivity index (χ3n) is 4.26. The minimum atomic E-state index is -0.168. The maximum atomic E-state index is 12.5. The van der Waals surface area contributed by atoms with Crippen LogP contribution in [0.25, 0.3) is 0 Å². The largest absolute Gasteiger partial charge is 0.494 e. The Morgan fingerprint density at radius 1 is 1.35 bits per heavy atom. The lowest BCUT2D eigenvalue weighted by molar-refractivity contribution is -0.120. The minimum Gasteiger partial charge on any atom is -0.494 e. The van der Waals surface area contributed by atoms with Crippen molar-refractivity contribution in [3.63, 3.8) is 0 Å². The van der Waals surface area contributed by atoms with Crippen LogP contribution in [0.4, 0.5) is 0 Å². The molecule has 0 saturated heterocycles. The van der Waals surface area contributed by atoms with Gasteiger partial charge in [0.25, 0.3) is 0 Å². The molecule has 0 aliphatic carbocycles. The summed E-state index contributed by atoms with van der Waals surface area (Å²) in [4.78, 5) is 13.6. The quantitative estimate of drug-likeness (QED) is 0.741. The van der Waals surface area contributed by atoms with Gasteiger partial charge in [-0.05, 0) is 45.0 Å². The normalized spacial score (nSPS) is 16.5. The Balaban J connectivity index is 1.65. The van der Waals surface area contributed by atoms with Gasteiger partial charge in [-0.1, -0.05) is 18.2 Å². The SMILES string of the molecule is CCOc1cc2c(cc1CNC(=O)C(C)Sc1ccccc1)OC(C)C2. The van der Waals surface area contributed by atoms with E-state index < -0.39 is 0 Å². The monoisotopic (exact) mass is 371 g/mol. The molecule has 0 bridgehead atoms. The zero-order valence-electron chi connectivity index (χ0n) is 15.5. The number of benzene rings is 2. The third kappa shape index (κ3) is 4.52. The standard InChI is InChI=1S/C21H25NO3S/c1-4-24-19-11-16-10-14(2)25-20(16)12-17(19)13-22-21(23)15(3)26-18-8-6-5-7-9-18/h5-9,11-12,14-15H,4,10,13H2,1-3H3,(H,22,23). The molecule has 1 aliphatic rings. The van der Waals surface area contributed by atoms with Crippen molar-refractivity contribution in [2.75, 3.05) is 6.61 Å². The molecule has 0 spiro atoms. The molecular weight excluding hydrogens is 346 g/mol. The van der Waals surface area contributed by atoms with E-state index in [0.717, 1.165) is 28.4 Å². The molecule has 2 atom stereocenters. The second-order valence-electron chi connectivity index (χ2n) is 6.42. The summed E-state index contributed by atoms with van der Waals surface area (Å²) in [5.41, 5.74) is 2.12. The highest BCUT2D eigenvalue weighted by atomic mass is 32.2. The number of fused-ring (bicyclic) bond motifs is 1. The van der Waals surface area contributed by atoms with Crippen LogP contribution in [0.2, 0.25) is 0 Å². The Bertz CT molecular complexity index is 763. The number of nitrogens with one attached hydrogen (secondary N) is 1. The van der Waals surface area contributed by atoms with E-state index in [-0.39, 0.29) is 17.3 Å². The summed E-state index contributed by atoms with van der Waals surface area (Å²) >= 11 is 1.55. The molecule has 1 aliphatic heterocycles. The topological polar surface area (TPSA) is 47.6 Å². The summed E-state index contributed by atoms with van der Waals surface area (Å²) in [6, 6.07) is 14.0. The number of amides is 1. The molecule has 2 aromatic rings. The zero-order chi connectivity index (χ0) is 18.5. The fourth-order valence-corrected chi connectivity index (χ4v) is 3.91. The van der Waals surface area contributed by atoms with Crippen molar-refractivity contribution in [3.05, 3.63) is 53.6 Å². The van der Waals surface area contributed by atoms with Crippen molar-refractivity contribution in [1.29, 1.82) is 0 Å². The summed E-state index contributed by atoms with van der Waals surface area (Å²) < 4.78 is 11.6. The van der Waals surface area contributed by atoms with E-state index >= 15 is 0 Å². The lowest BCUT2D eigenvalue weighted by Gasteiger charge is -2.15. The van der Waals surface area contributed by atoms with E-state index in [1.807, 2.05) is 56.3 Å². The lowest BCUT2D eigenvalue weighted by Crippen LogP contribution is -2.30. The molecule has 3 rings (SSSR count). The Morgan fingerprint density at radius 2 is 2.12 bits per heavy atom. The van der Waals surface area contributed by atoms with Gasteiger partial charge in [-0.15, -0.1) is 11.8 Å². The first kappa shape index (κ1) is 18.6. The first-order valence-corrected chi connectivity index (χ1v) is 9.89. The van der Waals surface area contributed by atoms with Crippen LogP contribution >= 0.6 is 11.8 Å². The molecule has 1 amide bonds. The van der Waals surface area contributed by atoms with Crippen molar-refractivity contribution >= 4 is 17.7 Å². The summed E-state index contributed by atoms with van der Waals surface area (Å²) in [6.07, 6.45) is 1.08. The van der Waals surface area contributed by atoms with Gasteiger partial charge in [0.05, 0.1) is 11.9 Å². The van der Waals surface area contributed by atoms with Crippen LogP contribution in [0.3, 0.4) is 0 Å². The number of thioether (sulfide) groups is 1. The first-order valence-electron chi connectivity index (χ1n) is 9.01. The molecule has 0 radical (unpaired) electrons. The van der Waals surface area contributed by atoms with Crippen molar-refractivity contribution in [1.82, 2.24) is 5.32 Å². The van der Waals surface area contributed by atoms with Crippen LogP contribution in [0.1, 0.15) is 31.9 Å². The summed E-state index contributed by atoms with van der Waals surface area (Å²) in [6.45, 7) is 6.97.